The molecular weight excluding hydrogens is 286 g/mol. The highest BCUT2D eigenvalue weighted by atomic mass is 32.2. The van der Waals surface area contributed by atoms with E-state index < -0.39 is 5.60 Å². The number of anilines is 1. The van der Waals surface area contributed by atoms with Crippen molar-refractivity contribution in [1.29, 1.82) is 0 Å². The van der Waals surface area contributed by atoms with E-state index >= 15 is 0 Å². The Balaban J connectivity index is 2.00. The maximum absolute atomic E-state index is 11.8. The molecule has 1 heterocycles. The number of hydrogen-bond acceptors (Lipinski definition) is 6. The van der Waals surface area contributed by atoms with Gasteiger partial charge in [-0.15, -0.1) is 0 Å². The van der Waals surface area contributed by atoms with Crippen LogP contribution < -0.4 is 5.32 Å². The number of hydrogen-bond donors (Lipinski definition) is 1. The summed E-state index contributed by atoms with van der Waals surface area (Å²) in [5, 5.41) is 4.04. The van der Waals surface area contributed by atoms with Crippen LogP contribution in [0, 0.1) is 0 Å². The van der Waals surface area contributed by atoms with Crippen molar-refractivity contribution in [2.24, 2.45) is 0 Å². The molecule has 1 aromatic heterocycles. The molecule has 1 fully saturated rings. The summed E-state index contributed by atoms with van der Waals surface area (Å²) >= 11 is 1.40. The average molecular weight is 309 g/mol. The van der Waals surface area contributed by atoms with Crippen LogP contribution in [0.4, 0.5) is 5.82 Å². The van der Waals surface area contributed by atoms with Crippen molar-refractivity contribution in [3.05, 3.63) is 11.9 Å². The summed E-state index contributed by atoms with van der Waals surface area (Å²) in [4.78, 5) is 20.8. The van der Waals surface area contributed by atoms with Gasteiger partial charge in [0, 0.05) is 18.5 Å². The molecule has 0 atom stereocenters. The van der Waals surface area contributed by atoms with Gasteiger partial charge in [0.2, 0.25) is 0 Å². The van der Waals surface area contributed by atoms with Crippen LogP contribution >= 0.6 is 11.8 Å². The summed E-state index contributed by atoms with van der Waals surface area (Å²) in [5.74, 6) is 2.26. The summed E-state index contributed by atoms with van der Waals surface area (Å²) in [7, 11) is 0. The fourth-order valence-corrected chi connectivity index (χ4v) is 2.49. The molecule has 0 radical (unpaired) electrons. The van der Waals surface area contributed by atoms with Gasteiger partial charge in [0.1, 0.15) is 22.3 Å². The Morgan fingerprint density at radius 2 is 2.14 bits per heavy atom. The van der Waals surface area contributed by atoms with Gasteiger partial charge >= 0.3 is 5.97 Å². The van der Waals surface area contributed by atoms with E-state index in [1.807, 2.05) is 33.8 Å². The lowest BCUT2D eigenvalue weighted by atomic mass is 10.2. The van der Waals surface area contributed by atoms with Gasteiger partial charge in [0.25, 0.3) is 0 Å². The van der Waals surface area contributed by atoms with Gasteiger partial charge in [-0.05, 0) is 40.5 Å². The van der Waals surface area contributed by atoms with Crippen LogP contribution in [-0.2, 0) is 9.53 Å². The molecule has 0 amide bonds. The Labute approximate surface area is 130 Å². The second kappa shape index (κ2) is 6.64. The first-order valence-electron chi connectivity index (χ1n) is 7.35. The van der Waals surface area contributed by atoms with Gasteiger partial charge in [-0.3, -0.25) is 4.79 Å². The Bertz CT molecular complexity index is 510. The molecule has 0 unspecified atom stereocenters. The van der Waals surface area contributed by atoms with Crippen LogP contribution in [0.3, 0.4) is 0 Å². The quantitative estimate of drug-likeness (QED) is 0.494. The van der Waals surface area contributed by atoms with Crippen LogP contribution in [0.1, 0.15) is 52.3 Å². The first-order valence-corrected chi connectivity index (χ1v) is 8.33. The minimum atomic E-state index is -0.447. The SMILES string of the molecule is CCNc1cc(SCC(=O)OC(C)(C)C)nc(C2CC2)n1. The second-order valence-electron chi connectivity index (χ2n) is 6.13. The Kier molecular flexibility index (Phi) is 5.08. The maximum Gasteiger partial charge on any atom is 0.316 e. The Hall–Kier alpha value is -1.30. The number of thioether (sulfide) groups is 1. The van der Waals surface area contributed by atoms with E-state index in [9.17, 15) is 4.79 Å². The van der Waals surface area contributed by atoms with Gasteiger partial charge in [0.15, 0.2) is 0 Å². The van der Waals surface area contributed by atoms with Crippen LogP contribution in [0.25, 0.3) is 0 Å². The third-order valence-corrected chi connectivity index (χ3v) is 3.66. The number of aromatic nitrogens is 2. The van der Waals surface area contributed by atoms with Crippen molar-refractivity contribution < 1.29 is 9.53 Å². The zero-order chi connectivity index (χ0) is 15.5. The highest BCUT2D eigenvalue weighted by Gasteiger charge is 2.27. The highest BCUT2D eigenvalue weighted by molar-refractivity contribution is 7.99. The van der Waals surface area contributed by atoms with Gasteiger partial charge in [-0.2, -0.15) is 0 Å². The summed E-state index contributed by atoms with van der Waals surface area (Å²) in [6, 6.07) is 1.89. The van der Waals surface area contributed by atoms with Gasteiger partial charge in [0.05, 0.1) is 5.75 Å². The predicted octanol–water partition coefficient (Wildman–Crippen LogP) is 3.22. The van der Waals surface area contributed by atoms with E-state index in [1.54, 1.807) is 0 Å². The number of rotatable bonds is 6. The van der Waals surface area contributed by atoms with Crippen molar-refractivity contribution in [3.63, 3.8) is 0 Å². The maximum atomic E-state index is 11.8. The monoisotopic (exact) mass is 309 g/mol. The van der Waals surface area contributed by atoms with Crippen LogP contribution in [0.2, 0.25) is 0 Å². The number of nitrogens with one attached hydrogen (secondary N) is 1. The van der Waals surface area contributed by atoms with Crippen LogP contribution in [-0.4, -0.2) is 33.8 Å². The molecule has 2 rings (SSSR count). The molecule has 5 nitrogen and oxygen atoms in total. The third-order valence-electron chi connectivity index (χ3n) is 2.78. The molecule has 0 saturated heterocycles. The lowest BCUT2D eigenvalue weighted by molar-refractivity contribution is -0.151. The molecule has 116 valence electrons. The molecule has 1 N–H and O–H groups in total. The van der Waals surface area contributed by atoms with E-state index in [0.29, 0.717) is 5.92 Å². The lowest BCUT2D eigenvalue weighted by Gasteiger charge is -2.19. The smallest absolute Gasteiger partial charge is 0.316 e. The lowest BCUT2D eigenvalue weighted by Crippen LogP contribution is -2.24. The molecule has 6 heteroatoms. The van der Waals surface area contributed by atoms with Crippen molar-refractivity contribution in [2.45, 2.75) is 57.1 Å². The fourth-order valence-electron chi connectivity index (χ4n) is 1.82. The number of ether oxygens (including phenoxy) is 1. The standard InChI is InChI=1S/C15H23N3O2S/c1-5-16-11-8-12(18-14(17-11)10-6-7-10)21-9-13(19)20-15(2,3)4/h8,10H,5-7,9H2,1-4H3,(H,16,17,18). The largest absolute Gasteiger partial charge is 0.459 e. The van der Waals surface area contributed by atoms with Gasteiger partial charge in [-0.25, -0.2) is 9.97 Å². The van der Waals surface area contributed by atoms with E-state index in [1.165, 1.54) is 11.8 Å². The third kappa shape index (κ3) is 5.53. The number of carbonyl (C=O) groups excluding carboxylic acids is 1. The molecule has 1 aliphatic carbocycles. The number of carbonyl (C=O) groups is 1. The minimum absolute atomic E-state index is 0.218. The van der Waals surface area contributed by atoms with Crippen molar-refractivity contribution in [1.82, 2.24) is 9.97 Å². The zero-order valence-electron chi connectivity index (χ0n) is 13.1. The molecule has 1 aliphatic rings. The predicted molar refractivity (Wildman–Crippen MR) is 84.7 cm³/mol. The first kappa shape index (κ1) is 16.1. The molecule has 0 aromatic carbocycles. The normalized spacial score (nSPS) is 14.9. The second-order valence-corrected chi connectivity index (χ2v) is 7.12. The summed E-state index contributed by atoms with van der Waals surface area (Å²) < 4.78 is 5.31. The van der Waals surface area contributed by atoms with E-state index in [-0.39, 0.29) is 11.7 Å². The van der Waals surface area contributed by atoms with E-state index in [0.717, 1.165) is 36.1 Å². The van der Waals surface area contributed by atoms with E-state index in [4.69, 9.17) is 4.74 Å². The molecule has 0 aliphatic heterocycles. The zero-order valence-corrected chi connectivity index (χ0v) is 13.9. The Morgan fingerprint density at radius 1 is 1.43 bits per heavy atom. The molecule has 1 saturated carbocycles. The average Bonchev–Trinajstić information content (AvgIpc) is 3.19. The number of esters is 1. The van der Waals surface area contributed by atoms with Crippen molar-refractivity contribution in [3.8, 4) is 0 Å². The molecule has 21 heavy (non-hydrogen) atoms. The first-order chi connectivity index (χ1) is 9.87. The molecule has 0 bridgehead atoms. The highest BCUT2D eigenvalue weighted by Crippen LogP contribution is 2.39. The van der Waals surface area contributed by atoms with Crippen LogP contribution in [0.15, 0.2) is 11.1 Å². The Morgan fingerprint density at radius 3 is 2.71 bits per heavy atom. The summed E-state index contributed by atoms with van der Waals surface area (Å²) in [5.41, 5.74) is -0.447. The fraction of sp³-hybridized carbons (Fsp3) is 0.667. The summed E-state index contributed by atoms with van der Waals surface area (Å²) in [6.45, 7) is 8.46. The molecule has 0 spiro atoms. The van der Waals surface area contributed by atoms with E-state index in [2.05, 4.69) is 15.3 Å². The number of nitrogens with zero attached hydrogens (tertiary/aromatic N) is 2. The van der Waals surface area contributed by atoms with Crippen molar-refractivity contribution >= 4 is 23.5 Å². The van der Waals surface area contributed by atoms with Crippen molar-refractivity contribution in [2.75, 3.05) is 17.6 Å². The minimum Gasteiger partial charge on any atom is -0.459 e. The topological polar surface area (TPSA) is 64.1 Å². The molecular formula is C15H23N3O2S. The molecule has 1 aromatic rings. The summed E-state index contributed by atoms with van der Waals surface area (Å²) in [6.07, 6.45) is 2.32. The van der Waals surface area contributed by atoms with Crippen LogP contribution in [0.5, 0.6) is 0 Å². The van der Waals surface area contributed by atoms with Gasteiger partial charge in [-0.1, -0.05) is 11.8 Å². The van der Waals surface area contributed by atoms with Gasteiger partial charge < -0.3 is 10.1 Å².